The second-order valence-corrected chi connectivity index (χ2v) is 6.17. The summed E-state index contributed by atoms with van der Waals surface area (Å²) in [6, 6.07) is 0. The number of carbonyl (C=O) groups is 1. The van der Waals surface area contributed by atoms with Crippen LogP contribution in [0.4, 0.5) is 0 Å². The zero-order valence-corrected chi connectivity index (χ0v) is 10.9. The van der Waals surface area contributed by atoms with Gasteiger partial charge in [-0.1, -0.05) is 5.21 Å². The van der Waals surface area contributed by atoms with Gasteiger partial charge in [0.1, 0.15) is 9.84 Å². The van der Waals surface area contributed by atoms with E-state index in [1.165, 1.54) is 17.1 Å². The zero-order chi connectivity index (χ0) is 13.6. The van der Waals surface area contributed by atoms with Gasteiger partial charge in [-0.2, -0.15) is 0 Å². The van der Waals surface area contributed by atoms with Crippen LogP contribution < -0.4 is 5.32 Å². The molecule has 102 valence electrons. The van der Waals surface area contributed by atoms with Crippen molar-refractivity contribution < 1.29 is 18.3 Å². The second kappa shape index (κ2) is 6.45. The van der Waals surface area contributed by atoms with Crippen molar-refractivity contribution in [1.29, 1.82) is 0 Å². The number of aromatic nitrogens is 3. The van der Waals surface area contributed by atoms with Crippen LogP contribution in [0.1, 0.15) is 16.9 Å². The van der Waals surface area contributed by atoms with Gasteiger partial charge in [0, 0.05) is 12.8 Å². The lowest BCUT2D eigenvalue weighted by Gasteiger charge is -2.03. The van der Waals surface area contributed by atoms with Crippen molar-refractivity contribution in [3.63, 3.8) is 0 Å². The highest BCUT2D eigenvalue weighted by Crippen LogP contribution is 1.92. The number of hydrogen-bond donors (Lipinski definition) is 2. The summed E-state index contributed by atoms with van der Waals surface area (Å²) in [7, 11) is -2.90. The summed E-state index contributed by atoms with van der Waals surface area (Å²) in [4.78, 5) is 10.5. The molecule has 0 aliphatic heterocycles. The van der Waals surface area contributed by atoms with E-state index in [2.05, 4.69) is 15.6 Å². The SMILES string of the molecule is CS(=O)(=O)CCCNCCn1cc(C(=O)O)nn1. The van der Waals surface area contributed by atoms with E-state index in [-0.39, 0.29) is 11.4 Å². The van der Waals surface area contributed by atoms with Gasteiger partial charge in [0.15, 0.2) is 5.69 Å². The molecule has 0 aliphatic rings. The molecule has 0 fully saturated rings. The van der Waals surface area contributed by atoms with Gasteiger partial charge in [0.25, 0.3) is 0 Å². The molecule has 0 radical (unpaired) electrons. The molecule has 8 nitrogen and oxygen atoms in total. The lowest BCUT2D eigenvalue weighted by molar-refractivity contribution is 0.0690. The standard InChI is InChI=1S/C9H16N4O4S/c1-18(16,17)6-2-3-10-4-5-13-7-8(9(14)15)11-12-13/h7,10H,2-6H2,1H3,(H,14,15). The largest absolute Gasteiger partial charge is 0.476 e. The van der Waals surface area contributed by atoms with Crippen molar-refractivity contribution in [2.45, 2.75) is 13.0 Å². The molecular formula is C9H16N4O4S. The van der Waals surface area contributed by atoms with Gasteiger partial charge < -0.3 is 10.4 Å². The average molecular weight is 276 g/mol. The molecule has 0 amide bonds. The Bertz CT molecular complexity index is 496. The maximum absolute atomic E-state index is 10.8. The summed E-state index contributed by atoms with van der Waals surface area (Å²) in [5.41, 5.74) is -0.0907. The van der Waals surface area contributed by atoms with E-state index in [0.29, 0.717) is 26.1 Å². The van der Waals surface area contributed by atoms with Crippen LogP contribution in [0.3, 0.4) is 0 Å². The summed E-state index contributed by atoms with van der Waals surface area (Å²) in [5, 5.41) is 18.8. The number of nitrogens with one attached hydrogen (secondary N) is 1. The molecule has 0 atom stereocenters. The molecule has 2 N–H and O–H groups in total. The van der Waals surface area contributed by atoms with Crippen molar-refractivity contribution in [3.05, 3.63) is 11.9 Å². The lowest BCUT2D eigenvalue weighted by Crippen LogP contribution is -2.23. The first-order valence-corrected chi connectivity index (χ1v) is 7.46. The summed E-state index contributed by atoms with van der Waals surface area (Å²) < 4.78 is 23.1. The first kappa shape index (κ1) is 14.6. The number of sulfone groups is 1. The Labute approximate surface area is 105 Å². The monoisotopic (exact) mass is 276 g/mol. The van der Waals surface area contributed by atoms with Crippen molar-refractivity contribution in [2.75, 3.05) is 25.1 Å². The summed E-state index contributed by atoms with van der Waals surface area (Å²) >= 11 is 0. The lowest BCUT2D eigenvalue weighted by atomic mass is 10.4. The van der Waals surface area contributed by atoms with E-state index in [1.807, 2.05) is 0 Å². The molecule has 0 saturated carbocycles. The van der Waals surface area contributed by atoms with Crippen LogP contribution in [0, 0.1) is 0 Å². The Kier molecular flexibility index (Phi) is 5.23. The van der Waals surface area contributed by atoms with Crippen LogP contribution in [0.25, 0.3) is 0 Å². The molecule has 0 aromatic carbocycles. The van der Waals surface area contributed by atoms with Gasteiger partial charge in [-0.15, -0.1) is 5.10 Å². The molecule has 0 spiro atoms. The van der Waals surface area contributed by atoms with Crippen LogP contribution in [0.5, 0.6) is 0 Å². The fourth-order valence-electron chi connectivity index (χ4n) is 1.28. The maximum Gasteiger partial charge on any atom is 0.358 e. The molecule has 1 aromatic heterocycles. The van der Waals surface area contributed by atoms with Crippen LogP contribution >= 0.6 is 0 Å². The fraction of sp³-hybridized carbons (Fsp3) is 0.667. The third-order valence-electron chi connectivity index (χ3n) is 2.14. The van der Waals surface area contributed by atoms with Gasteiger partial charge in [0.2, 0.25) is 0 Å². The molecular weight excluding hydrogens is 260 g/mol. The van der Waals surface area contributed by atoms with Gasteiger partial charge >= 0.3 is 5.97 Å². The van der Waals surface area contributed by atoms with E-state index in [9.17, 15) is 13.2 Å². The Morgan fingerprint density at radius 2 is 2.22 bits per heavy atom. The zero-order valence-electron chi connectivity index (χ0n) is 10.0. The summed E-state index contributed by atoms with van der Waals surface area (Å²) in [6.45, 7) is 1.65. The fourth-order valence-corrected chi connectivity index (χ4v) is 1.95. The molecule has 0 aliphatic carbocycles. The smallest absolute Gasteiger partial charge is 0.358 e. The second-order valence-electron chi connectivity index (χ2n) is 3.91. The molecule has 1 rings (SSSR count). The number of rotatable bonds is 8. The van der Waals surface area contributed by atoms with E-state index in [0.717, 1.165) is 0 Å². The van der Waals surface area contributed by atoms with E-state index in [4.69, 9.17) is 5.11 Å². The minimum Gasteiger partial charge on any atom is -0.476 e. The van der Waals surface area contributed by atoms with Crippen molar-refractivity contribution in [1.82, 2.24) is 20.3 Å². The third kappa shape index (κ3) is 5.73. The number of carboxylic acids is 1. The highest BCUT2D eigenvalue weighted by molar-refractivity contribution is 7.90. The predicted molar refractivity (Wildman–Crippen MR) is 64.2 cm³/mol. The van der Waals surface area contributed by atoms with Crippen molar-refractivity contribution in [3.8, 4) is 0 Å². The van der Waals surface area contributed by atoms with Gasteiger partial charge in [0.05, 0.1) is 18.5 Å². The topological polar surface area (TPSA) is 114 Å². The molecule has 1 heterocycles. The van der Waals surface area contributed by atoms with E-state index in [1.54, 1.807) is 0 Å². The minimum atomic E-state index is -2.90. The molecule has 1 aromatic rings. The Balaban J connectivity index is 2.16. The Morgan fingerprint density at radius 1 is 1.50 bits per heavy atom. The molecule has 0 saturated heterocycles. The van der Waals surface area contributed by atoms with Crippen molar-refractivity contribution in [2.24, 2.45) is 0 Å². The average Bonchev–Trinajstić information content (AvgIpc) is 2.70. The highest BCUT2D eigenvalue weighted by Gasteiger charge is 2.07. The normalized spacial score (nSPS) is 11.6. The minimum absolute atomic E-state index is 0.0907. The van der Waals surface area contributed by atoms with Crippen molar-refractivity contribution >= 4 is 15.8 Å². The summed E-state index contributed by atoms with van der Waals surface area (Å²) in [5.74, 6) is -0.950. The Morgan fingerprint density at radius 3 is 2.78 bits per heavy atom. The van der Waals surface area contributed by atoms with Crippen LogP contribution in [0.2, 0.25) is 0 Å². The predicted octanol–water partition coefficient (Wildman–Crippen LogP) is -0.999. The van der Waals surface area contributed by atoms with Crippen LogP contribution in [0.15, 0.2) is 6.20 Å². The number of aromatic carboxylic acids is 1. The molecule has 0 bridgehead atoms. The molecule has 18 heavy (non-hydrogen) atoms. The van der Waals surface area contributed by atoms with E-state index >= 15 is 0 Å². The molecule has 9 heteroatoms. The van der Waals surface area contributed by atoms with Crippen LogP contribution in [-0.2, 0) is 16.4 Å². The van der Waals surface area contributed by atoms with Crippen LogP contribution in [-0.4, -0.2) is 59.6 Å². The van der Waals surface area contributed by atoms with Gasteiger partial charge in [-0.25, -0.2) is 13.2 Å². The Hall–Kier alpha value is -1.48. The van der Waals surface area contributed by atoms with Gasteiger partial charge in [-0.3, -0.25) is 4.68 Å². The van der Waals surface area contributed by atoms with E-state index < -0.39 is 15.8 Å². The van der Waals surface area contributed by atoms with Gasteiger partial charge in [-0.05, 0) is 13.0 Å². The number of carboxylic acid groups (broad SMARTS) is 1. The summed E-state index contributed by atoms with van der Waals surface area (Å²) in [6.07, 6.45) is 3.10. The first-order valence-electron chi connectivity index (χ1n) is 5.40. The first-order chi connectivity index (χ1) is 8.38. The number of hydrogen-bond acceptors (Lipinski definition) is 6. The maximum atomic E-state index is 10.8. The number of nitrogens with zero attached hydrogens (tertiary/aromatic N) is 3. The highest BCUT2D eigenvalue weighted by atomic mass is 32.2. The third-order valence-corrected chi connectivity index (χ3v) is 3.17. The quantitative estimate of drug-likeness (QED) is 0.585. The molecule has 0 unspecified atom stereocenters.